The van der Waals surface area contributed by atoms with Gasteiger partial charge in [0.15, 0.2) is 5.75 Å². The minimum Gasteiger partial charge on any atom is -0.504 e. The van der Waals surface area contributed by atoms with Crippen LogP contribution in [0.2, 0.25) is 0 Å². The Kier molecular flexibility index (Phi) is 4.44. The average molecular weight is 324 g/mol. The molecule has 0 saturated carbocycles. The third-order valence-corrected chi connectivity index (χ3v) is 4.80. The quantitative estimate of drug-likeness (QED) is 0.708. The molecule has 0 spiro atoms. The van der Waals surface area contributed by atoms with Crippen molar-refractivity contribution in [2.24, 2.45) is 0 Å². The lowest BCUT2D eigenvalue weighted by Crippen LogP contribution is -2.04. The summed E-state index contributed by atoms with van der Waals surface area (Å²) in [7, 11) is 0. The Morgan fingerprint density at radius 2 is 1.65 bits per heavy atom. The van der Waals surface area contributed by atoms with Crippen LogP contribution in [0.3, 0.4) is 0 Å². The molecular formula is C19H20N2OS. The molecule has 0 saturated heterocycles. The molecule has 0 fully saturated rings. The number of hydrogen-bond acceptors (Lipinski definition) is 3. The first kappa shape index (κ1) is 15.7. The number of aromatic nitrogens is 2. The lowest BCUT2D eigenvalue weighted by atomic mass is 10.1. The smallest absolute Gasteiger partial charge is 0.164 e. The summed E-state index contributed by atoms with van der Waals surface area (Å²) in [5, 5.41) is 15.2. The van der Waals surface area contributed by atoms with Gasteiger partial charge in [-0.05, 0) is 39.0 Å². The third kappa shape index (κ3) is 3.13. The molecule has 0 radical (unpaired) electrons. The first-order valence-electron chi connectivity index (χ1n) is 7.68. The Bertz CT molecular complexity index is 809. The van der Waals surface area contributed by atoms with Crippen LogP contribution in [0.25, 0.3) is 11.3 Å². The molecule has 1 aromatic heterocycles. The third-order valence-electron chi connectivity index (χ3n) is 3.72. The second-order valence-corrected chi connectivity index (χ2v) is 6.85. The Morgan fingerprint density at radius 3 is 2.30 bits per heavy atom. The Morgan fingerprint density at radius 1 is 1.00 bits per heavy atom. The zero-order chi connectivity index (χ0) is 16.4. The van der Waals surface area contributed by atoms with Gasteiger partial charge >= 0.3 is 0 Å². The van der Waals surface area contributed by atoms with Crippen molar-refractivity contribution in [1.29, 1.82) is 0 Å². The summed E-state index contributed by atoms with van der Waals surface area (Å²) in [6.45, 7) is 6.03. The van der Waals surface area contributed by atoms with Crippen molar-refractivity contribution in [3.8, 4) is 17.0 Å². The molecule has 4 heteroatoms. The Balaban J connectivity index is 2.06. The highest BCUT2D eigenvalue weighted by Gasteiger charge is 2.19. The summed E-state index contributed by atoms with van der Waals surface area (Å²) < 4.78 is 1.87. The molecule has 118 valence electrons. The highest BCUT2D eigenvalue weighted by Crippen LogP contribution is 2.40. The van der Waals surface area contributed by atoms with Crippen molar-refractivity contribution in [2.75, 3.05) is 0 Å². The van der Waals surface area contributed by atoms with Gasteiger partial charge in [-0.3, -0.25) is 4.68 Å². The van der Waals surface area contributed by atoms with Gasteiger partial charge in [-0.25, -0.2) is 0 Å². The number of benzene rings is 2. The van der Waals surface area contributed by atoms with E-state index in [0.29, 0.717) is 5.69 Å². The molecule has 1 N–H and O–H groups in total. The largest absolute Gasteiger partial charge is 0.504 e. The van der Waals surface area contributed by atoms with Crippen LogP contribution >= 0.6 is 11.8 Å². The normalized spacial score (nSPS) is 11.1. The molecule has 0 bridgehead atoms. The predicted molar refractivity (Wildman–Crippen MR) is 95.0 cm³/mol. The fourth-order valence-electron chi connectivity index (χ4n) is 2.56. The molecule has 3 rings (SSSR count). The second kappa shape index (κ2) is 6.50. The number of aromatic hydroxyl groups is 1. The molecule has 1 heterocycles. The fourth-order valence-corrected chi connectivity index (χ4v) is 3.53. The maximum Gasteiger partial charge on any atom is 0.164 e. The molecule has 23 heavy (non-hydrogen) atoms. The topological polar surface area (TPSA) is 38.1 Å². The van der Waals surface area contributed by atoms with Crippen molar-refractivity contribution in [1.82, 2.24) is 9.78 Å². The van der Waals surface area contributed by atoms with Crippen LogP contribution < -0.4 is 0 Å². The highest BCUT2D eigenvalue weighted by atomic mass is 32.2. The van der Waals surface area contributed by atoms with E-state index in [2.05, 4.69) is 37.1 Å². The molecule has 3 aromatic rings. The van der Waals surface area contributed by atoms with Gasteiger partial charge in [0.05, 0.1) is 5.69 Å². The van der Waals surface area contributed by atoms with Crippen molar-refractivity contribution in [3.63, 3.8) is 0 Å². The lowest BCUT2D eigenvalue weighted by molar-refractivity contribution is 0.461. The molecule has 0 unspecified atom stereocenters. The van der Waals surface area contributed by atoms with Gasteiger partial charge in [0.25, 0.3) is 0 Å². The van der Waals surface area contributed by atoms with Crippen LogP contribution in [0.4, 0.5) is 0 Å². The summed E-state index contributed by atoms with van der Waals surface area (Å²) in [6, 6.07) is 18.5. The van der Waals surface area contributed by atoms with Crippen LogP contribution in [0.5, 0.6) is 5.75 Å². The first-order chi connectivity index (χ1) is 11.1. The Labute approximate surface area is 141 Å². The first-order valence-corrected chi connectivity index (χ1v) is 8.50. The zero-order valence-corrected chi connectivity index (χ0v) is 14.3. The summed E-state index contributed by atoms with van der Waals surface area (Å²) in [6.07, 6.45) is 0. The lowest BCUT2D eigenvalue weighted by Gasteiger charge is -2.08. The van der Waals surface area contributed by atoms with Gasteiger partial charge in [-0.1, -0.05) is 48.2 Å². The molecule has 0 amide bonds. The molecular weight excluding hydrogens is 304 g/mol. The van der Waals surface area contributed by atoms with Crippen molar-refractivity contribution in [3.05, 3.63) is 60.3 Å². The van der Waals surface area contributed by atoms with E-state index in [4.69, 9.17) is 0 Å². The molecule has 0 atom stereocenters. The number of nitrogens with zero attached hydrogens (tertiary/aromatic N) is 2. The van der Waals surface area contributed by atoms with E-state index in [1.165, 1.54) is 4.90 Å². The van der Waals surface area contributed by atoms with E-state index in [1.807, 2.05) is 48.0 Å². The van der Waals surface area contributed by atoms with E-state index in [0.717, 1.165) is 16.2 Å². The van der Waals surface area contributed by atoms with Crippen LogP contribution in [0.1, 0.15) is 25.6 Å². The SMILES string of the molecule is Cc1c(O)c(-c2ccccc2Sc2ccccc2)nn1C(C)C. The van der Waals surface area contributed by atoms with Gasteiger partial charge in [0, 0.05) is 21.4 Å². The predicted octanol–water partition coefficient (Wildman–Crippen LogP) is 5.30. The molecule has 0 aliphatic rings. The zero-order valence-electron chi connectivity index (χ0n) is 13.5. The average Bonchev–Trinajstić information content (AvgIpc) is 2.85. The fraction of sp³-hybridized carbons (Fsp3) is 0.211. The molecule has 3 nitrogen and oxygen atoms in total. The van der Waals surface area contributed by atoms with Crippen LogP contribution in [0.15, 0.2) is 64.4 Å². The highest BCUT2D eigenvalue weighted by molar-refractivity contribution is 7.99. The van der Waals surface area contributed by atoms with Gasteiger partial charge < -0.3 is 5.11 Å². The molecule has 2 aromatic carbocycles. The minimum atomic E-state index is 0.212. The van der Waals surface area contributed by atoms with E-state index in [1.54, 1.807) is 11.8 Å². The summed E-state index contributed by atoms with van der Waals surface area (Å²) >= 11 is 1.68. The maximum absolute atomic E-state index is 10.5. The van der Waals surface area contributed by atoms with Gasteiger partial charge in [0.1, 0.15) is 5.69 Å². The van der Waals surface area contributed by atoms with Crippen LogP contribution in [-0.2, 0) is 0 Å². The maximum atomic E-state index is 10.5. The molecule has 0 aliphatic carbocycles. The van der Waals surface area contributed by atoms with Crippen molar-refractivity contribution >= 4 is 11.8 Å². The van der Waals surface area contributed by atoms with E-state index >= 15 is 0 Å². The van der Waals surface area contributed by atoms with Gasteiger partial charge in [-0.2, -0.15) is 5.10 Å². The van der Waals surface area contributed by atoms with E-state index < -0.39 is 0 Å². The summed E-state index contributed by atoms with van der Waals surface area (Å²) in [5.74, 6) is 0.264. The van der Waals surface area contributed by atoms with Gasteiger partial charge in [-0.15, -0.1) is 0 Å². The summed E-state index contributed by atoms with van der Waals surface area (Å²) in [4.78, 5) is 2.25. The second-order valence-electron chi connectivity index (χ2n) is 5.73. The minimum absolute atomic E-state index is 0.212. The van der Waals surface area contributed by atoms with Crippen molar-refractivity contribution in [2.45, 2.75) is 36.6 Å². The van der Waals surface area contributed by atoms with E-state index in [9.17, 15) is 5.11 Å². The van der Waals surface area contributed by atoms with Crippen molar-refractivity contribution < 1.29 is 5.11 Å². The number of hydrogen-bond donors (Lipinski definition) is 1. The van der Waals surface area contributed by atoms with Gasteiger partial charge in [0.2, 0.25) is 0 Å². The molecule has 0 aliphatic heterocycles. The van der Waals surface area contributed by atoms with E-state index in [-0.39, 0.29) is 11.8 Å². The van der Waals surface area contributed by atoms with Crippen LogP contribution in [0, 0.1) is 6.92 Å². The Hall–Kier alpha value is -2.20. The standard InChI is InChI=1S/C19H20N2OS/c1-13(2)21-14(3)19(22)18(20-21)16-11-7-8-12-17(16)23-15-9-5-4-6-10-15/h4-13,22H,1-3H3. The number of rotatable bonds is 4. The summed E-state index contributed by atoms with van der Waals surface area (Å²) in [5.41, 5.74) is 2.41. The monoisotopic (exact) mass is 324 g/mol. The van der Waals surface area contributed by atoms with Crippen LogP contribution in [-0.4, -0.2) is 14.9 Å².